The molecule has 0 aromatic heterocycles. The van der Waals surface area contributed by atoms with Gasteiger partial charge < -0.3 is 14.8 Å². The molecule has 0 aliphatic carbocycles. The van der Waals surface area contributed by atoms with Crippen LogP contribution in [-0.4, -0.2) is 25.1 Å². The Morgan fingerprint density at radius 2 is 1.80 bits per heavy atom. The number of amides is 1. The summed E-state index contributed by atoms with van der Waals surface area (Å²) in [5, 5.41) is 3.07. The van der Waals surface area contributed by atoms with Crippen molar-refractivity contribution in [1.29, 1.82) is 0 Å². The fourth-order valence-electron chi connectivity index (χ4n) is 2.05. The molecule has 25 heavy (non-hydrogen) atoms. The van der Waals surface area contributed by atoms with Gasteiger partial charge >= 0.3 is 5.97 Å². The van der Waals surface area contributed by atoms with Gasteiger partial charge in [-0.1, -0.05) is 54.4 Å². The molecule has 0 radical (unpaired) electrons. The van der Waals surface area contributed by atoms with Crippen molar-refractivity contribution in [1.82, 2.24) is 0 Å². The highest BCUT2D eigenvalue weighted by Crippen LogP contribution is 2.29. The monoisotopic (exact) mass is 381 g/mol. The number of halogens is 2. The van der Waals surface area contributed by atoms with Crippen LogP contribution in [0.5, 0.6) is 5.75 Å². The van der Waals surface area contributed by atoms with Gasteiger partial charge in [0.25, 0.3) is 5.91 Å². The lowest BCUT2D eigenvalue weighted by molar-refractivity contribution is -0.149. The van der Waals surface area contributed by atoms with Crippen molar-refractivity contribution in [3.63, 3.8) is 0 Å². The minimum Gasteiger partial charge on any atom is -0.482 e. The van der Waals surface area contributed by atoms with Gasteiger partial charge in [-0.15, -0.1) is 0 Å². The van der Waals surface area contributed by atoms with Crippen LogP contribution in [0.3, 0.4) is 0 Å². The third kappa shape index (κ3) is 5.66. The second-order valence-corrected chi connectivity index (χ2v) is 5.85. The summed E-state index contributed by atoms with van der Waals surface area (Å²) < 4.78 is 10.3. The summed E-state index contributed by atoms with van der Waals surface area (Å²) >= 11 is 11.8. The number of carbonyl (C=O) groups is 2. The van der Waals surface area contributed by atoms with E-state index in [0.717, 1.165) is 12.0 Å². The van der Waals surface area contributed by atoms with E-state index >= 15 is 0 Å². The second kappa shape index (κ2) is 9.30. The van der Waals surface area contributed by atoms with Gasteiger partial charge in [-0.25, -0.2) is 4.79 Å². The Hall–Kier alpha value is -2.24. The number of ether oxygens (including phenoxy) is 2. The van der Waals surface area contributed by atoms with E-state index in [1.165, 1.54) is 0 Å². The molecule has 0 heterocycles. The zero-order chi connectivity index (χ0) is 18.2. The van der Waals surface area contributed by atoms with E-state index < -0.39 is 18.5 Å². The van der Waals surface area contributed by atoms with Crippen LogP contribution in [0.15, 0.2) is 42.5 Å². The summed E-state index contributed by atoms with van der Waals surface area (Å²) in [5.41, 5.74) is 1.34. The first kappa shape index (κ1) is 19.1. The molecule has 1 amide bonds. The Balaban J connectivity index is 1.79. The average molecular weight is 382 g/mol. The van der Waals surface area contributed by atoms with Gasteiger partial charge in [0.1, 0.15) is 5.75 Å². The highest BCUT2D eigenvalue weighted by Gasteiger charge is 2.12. The van der Waals surface area contributed by atoms with Crippen LogP contribution in [0.2, 0.25) is 10.0 Å². The van der Waals surface area contributed by atoms with Crippen molar-refractivity contribution in [2.24, 2.45) is 0 Å². The first-order valence-corrected chi connectivity index (χ1v) is 8.37. The van der Waals surface area contributed by atoms with Gasteiger partial charge in [-0.05, 0) is 30.2 Å². The molecular formula is C18H17Cl2NO4. The molecule has 0 unspecified atom stereocenters. The van der Waals surface area contributed by atoms with E-state index in [-0.39, 0.29) is 11.6 Å². The number of benzene rings is 2. The van der Waals surface area contributed by atoms with Crippen molar-refractivity contribution in [2.75, 3.05) is 18.5 Å². The molecule has 0 bridgehead atoms. The van der Waals surface area contributed by atoms with E-state index in [4.69, 9.17) is 32.7 Å². The molecule has 0 saturated carbocycles. The molecule has 7 heteroatoms. The maximum absolute atomic E-state index is 11.8. The first-order chi connectivity index (χ1) is 12.0. The molecule has 0 aliphatic rings. The smallest absolute Gasteiger partial charge is 0.344 e. The summed E-state index contributed by atoms with van der Waals surface area (Å²) in [6.07, 6.45) is 0.786. The van der Waals surface area contributed by atoms with E-state index in [1.807, 2.05) is 25.1 Å². The first-order valence-electron chi connectivity index (χ1n) is 7.61. The lowest BCUT2D eigenvalue weighted by atomic mass is 10.1. The summed E-state index contributed by atoms with van der Waals surface area (Å²) in [6, 6.07) is 12.3. The molecule has 0 atom stereocenters. The second-order valence-electron chi connectivity index (χ2n) is 5.06. The molecule has 0 fully saturated rings. The summed E-state index contributed by atoms with van der Waals surface area (Å²) in [7, 11) is 0. The third-order valence-corrected chi connectivity index (χ3v) is 4.11. The van der Waals surface area contributed by atoms with Crippen LogP contribution >= 0.6 is 23.2 Å². The number of aryl methyl sites for hydroxylation is 1. The van der Waals surface area contributed by atoms with Crippen LogP contribution in [-0.2, 0) is 20.7 Å². The van der Waals surface area contributed by atoms with Crippen LogP contribution in [0.25, 0.3) is 0 Å². The van der Waals surface area contributed by atoms with Crippen LogP contribution in [0, 0.1) is 0 Å². The molecule has 2 rings (SSSR count). The Kier molecular flexibility index (Phi) is 7.10. The van der Waals surface area contributed by atoms with Crippen molar-refractivity contribution >= 4 is 40.8 Å². The van der Waals surface area contributed by atoms with E-state index in [2.05, 4.69) is 5.32 Å². The van der Waals surface area contributed by atoms with Crippen molar-refractivity contribution in [2.45, 2.75) is 13.3 Å². The minimum atomic E-state index is -0.641. The van der Waals surface area contributed by atoms with Gasteiger partial charge in [0.2, 0.25) is 0 Å². The Morgan fingerprint density at radius 3 is 2.56 bits per heavy atom. The summed E-state index contributed by atoms with van der Waals surface area (Å²) in [4.78, 5) is 23.5. The number of hydrogen-bond acceptors (Lipinski definition) is 4. The maximum Gasteiger partial charge on any atom is 0.344 e. The quantitative estimate of drug-likeness (QED) is 0.732. The lowest BCUT2D eigenvalue weighted by Crippen LogP contribution is -2.24. The minimum absolute atomic E-state index is 0.225. The van der Waals surface area contributed by atoms with Crippen molar-refractivity contribution in [3.8, 4) is 5.75 Å². The number of carbonyl (C=O) groups excluding carboxylic acids is 2. The molecule has 2 aromatic rings. The SMILES string of the molecule is CCc1ccccc1OCC(=O)OCC(=O)Nc1cccc(Cl)c1Cl. The van der Waals surface area contributed by atoms with Crippen LogP contribution in [0.4, 0.5) is 5.69 Å². The molecule has 0 spiro atoms. The normalized spacial score (nSPS) is 10.2. The topological polar surface area (TPSA) is 64.6 Å². The molecular weight excluding hydrogens is 365 g/mol. The fourth-order valence-corrected chi connectivity index (χ4v) is 2.40. The number of anilines is 1. The highest BCUT2D eigenvalue weighted by atomic mass is 35.5. The largest absolute Gasteiger partial charge is 0.482 e. The maximum atomic E-state index is 11.8. The molecule has 132 valence electrons. The van der Waals surface area contributed by atoms with Gasteiger partial charge in [-0.2, -0.15) is 0 Å². The fraction of sp³-hybridized carbons (Fsp3) is 0.222. The zero-order valence-electron chi connectivity index (χ0n) is 13.6. The third-order valence-electron chi connectivity index (χ3n) is 3.29. The predicted octanol–water partition coefficient (Wildman–Crippen LogP) is 4.12. The predicted molar refractivity (Wildman–Crippen MR) is 97.4 cm³/mol. The van der Waals surface area contributed by atoms with Gasteiger partial charge in [0.15, 0.2) is 13.2 Å². The Bertz CT molecular complexity index is 764. The number of nitrogens with one attached hydrogen (secondary N) is 1. The van der Waals surface area contributed by atoms with Gasteiger partial charge in [0, 0.05) is 0 Å². The van der Waals surface area contributed by atoms with Gasteiger partial charge in [0.05, 0.1) is 15.7 Å². The number of hydrogen-bond donors (Lipinski definition) is 1. The van der Waals surface area contributed by atoms with E-state index in [0.29, 0.717) is 16.5 Å². The number of para-hydroxylation sites is 1. The number of esters is 1. The molecule has 1 N–H and O–H groups in total. The van der Waals surface area contributed by atoms with Crippen LogP contribution < -0.4 is 10.1 Å². The lowest BCUT2D eigenvalue weighted by Gasteiger charge is -2.11. The Labute approximate surface area is 155 Å². The highest BCUT2D eigenvalue weighted by molar-refractivity contribution is 6.44. The molecule has 0 aliphatic heterocycles. The van der Waals surface area contributed by atoms with Crippen molar-refractivity contribution in [3.05, 3.63) is 58.1 Å². The zero-order valence-corrected chi connectivity index (χ0v) is 15.1. The van der Waals surface area contributed by atoms with Crippen molar-refractivity contribution < 1.29 is 19.1 Å². The average Bonchev–Trinajstić information content (AvgIpc) is 2.62. The van der Waals surface area contributed by atoms with E-state index in [1.54, 1.807) is 24.3 Å². The molecule has 0 saturated heterocycles. The summed E-state index contributed by atoms with van der Waals surface area (Å²) in [5.74, 6) is -0.540. The molecule has 2 aromatic carbocycles. The standard InChI is InChI=1S/C18H17Cl2NO4/c1-2-12-6-3-4-9-15(12)24-11-17(23)25-10-16(22)21-14-8-5-7-13(19)18(14)20/h3-9H,2,10-11H2,1H3,(H,21,22). The Morgan fingerprint density at radius 1 is 1.04 bits per heavy atom. The van der Waals surface area contributed by atoms with E-state index in [9.17, 15) is 9.59 Å². The summed E-state index contributed by atoms with van der Waals surface area (Å²) in [6.45, 7) is 1.27. The number of rotatable bonds is 7. The molecule has 5 nitrogen and oxygen atoms in total. The van der Waals surface area contributed by atoms with Gasteiger partial charge in [-0.3, -0.25) is 4.79 Å². The van der Waals surface area contributed by atoms with Crippen LogP contribution in [0.1, 0.15) is 12.5 Å².